The van der Waals surface area contributed by atoms with Gasteiger partial charge in [0, 0.05) is 9.50 Å². The second-order valence-corrected chi connectivity index (χ2v) is 7.43. The van der Waals surface area contributed by atoms with Gasteiger partial charge < -0.3 is 5.32 Å². The zero-order valence-electron chi connectivity index (χ0n) is 11.7. The molecule has 0 saturated carbocycles. The number of nitrogens with one attached hydrogen (secondary N) is 1. The summed E-state index contributed by atoms with van der Waals surface area (Å²) in [6.07, 6.45) is 0. The van der Waals surface area contributed by atoms with Gasteiger partial charge in [0.15, 0.2) is 0 Å². The lowest BCUT2D eigenvalue weighted by Crippen LogP contribution is -2.48. The molecule has 2 rings (SSSR count). The van der Waals surface area contributed by atoms with Crippen LogP contribution in [0.25, 0.3) is 0 Å². The van der Waals surface area contributed by atoms with Crippen LogP contribution in [0.1, 0.15) is 13.8 Å². The highest BCUT2D eigenvalue weighted by molar-refractivity contribution is 9.10. The van der Waals surface area contributed by atoms with E-state index in [0.29, 0.717) is 9.50 Å². The second-order valence-electron chi connectivity index (χ2n) is 5.13. The fraction of sp³-hybridized carbons (Fsp3) is 0.308. The average Bonchev–Trinajstić information content (AvgIpc) is 2.61. The molecular weight excluding hydrogens is 397 g/mol. The minimum atomic E-state index is -1.03. The first-order chi connectivity index (χ1) is 10.1. The van der Waals surface area contributed by atoms with Gasteiger partial charge in [-0.3, -0.25) is 4.79 Å². The summed E-state index contributed by atoms with van der Waals surface area (Å²) < 4.78 is 0.611. The predicted molar refractivity (Wildman–Crippen MR) is 87.2 cm³/mol. The highest BCUT2D eigenvalue weighted by Gasteiger charge is 2.41. The van der Waals surface area contributed by atoms with Gasteiger partial charge in [0.05, 0.1) is 5.69 Å². The monoisotopic (exact) mass is 407 g/mol. The van der Waals surface area contributed by atoms with Crippen molar-refractivity contribution in [3.63, 3.8) is 0 Å². The lowest BCUT2D eigenvalue weighted by atomic mass is 10.3. The normalized spacial score (nSPS) is 15.5. The Balaban J connectivity index is 2.27. The number of anilines is 1. The first-order valence-electron chi connectivity index (χ1n) is 6.20. The fourth-order valence-electron chi connectivity index (χ4n) is 1.90. The van der Waals surface area contributed by atoms with Crippen LogP contribution in [0, 0.1) is 0 Å². The van der Waals surface area contributed by atoms with Gasteiger partial charge in [-0.05, 0) is 32.0 Å². The SMILES string of the molecule is CC(C)(Cl)NC(=O)N1CC(=O)N(c2cc(Cl)cc(Br)c2)C1=O. The Hall–Kier alpha value is -1.31. The molecule has 1 aromatic rings. The molecule has 0 radical (unpaired) electrons. The highest BCUT2D eigenvalue weighted by Crippen LogP contribution is 2.28. The number of carbonyl (C=O) groups excluding carboxylic acids is 3. The lowest BCUT2D eigenvalue weighted by Gasteiger charge is -2.22. The summed E-state index contributed by atoms with van der Waals surface area (Å²) in [5.41, 5.74) is 0.287. The molecule has 5 amide bonds. The molecule has 0 atom stereocenters. The van der Waals surface area contributed by atoms with E-state index < -0.39 is 23.0 Å². The van der Waals surface area contributed by atoms with Crippen LogP contribution in [0.15, 0.2) is 22.7 Å². The fourth-order valence-corrected chi connectivity index (χ4v) is 2.83. The summed E-state index contributed by atoms with van der Waals surface area (Å²) in [6.45, 7) is 2.75. The molecule has 0 aliphatic carbocycles. The number of urea groups is 2. The van der Waals surface area contributed by atoms with Crippen LogP contribution in [-0.2, 0) is 4.79 Å². The molecule has 0 unspecified atom stereocenters. The molecule has 1 saturated heterocycles. The molecule has 6 nitrogen and oxygen atoms in total. The number of alkyl halides is 1. The number of hydrogen-bond donors (Lipinski definition) is 1. The van der Waals surface area contributed by atoms with Crippen LogP contribution in [0.2, 0.25) is 5.02 Å². The maximum Gasteiger partial charge on any atom is 0.340 e. The van der Waals surface area contributed by atoms with Crippen molar-refractivity contribution in [2.75, 3.05) is 11.4 Å². The Kier molecular flexibility index (Phi) is 4.70. The Morgan fingerprint density at radius 2 is 1.95 bits per heavy atom. The average molecular weight is 409 g/mol. The van der Waals surface area contributed by atoms with Crippen molar-refractivity contribution in [3.8, 4) is 0 Å². The molecule has 1 aromatic carbocycles. The summed E-state index contributed by atoms with van der Waals surface area (Å²) in [5.74, 6) is -0.526. The van der Waals surface area contributed by atoms with Crippen molar-refractivity contribution in [3.05, 3.63) is 27.7 Å². The van der Waals surface area contributed by atoms with Crippen LogP contribution in [-0.4, -0.2) is 34.4 Å². The Morgan fingerprint density at radius 1 is 1.32 bits per heavy atom. The van der Waals surface area contributed by atoms with Crippen molar-refractivity contribution in [2.24, 2.45) is 0 Å². The first kappa shape index (κ1) is 17.1. The van der Waals surface area contributed by atoms with Gasteiger partial charge in [0.2, 0.25) is 0 Å². The van der Waals surface area contributed by atoms with Gasteiger partial charge >= 0.3 is 12.1 Å². The molecule has 22 heavy (non-hydrogen) atoms. The van der Waals surface area contributed by atoms with Gasteiger partial charge in [0.1, 0.15) is 11.5 Å². The minimum Gasteiger partial charge on any atom is -0.319 e. The molecule has 0 spiro atoms. The number of amides is 5. The van der Waals surface area contributed by atoms with E-state index in [0.717, 1.165) is 9.80 Å². The second kappa shape index (κ2) is 6.06. The van der Waals surface area contributed by atoms with E-state index in [9.17, 15) is 14.4 Å². The summed E-state index contributed by atoms with van der Waals surface area (Å²) in [7, 11) is 0. The van der Waals surface area contributed by atoms with Gasteiger partial charge in [-0.2, -0.15) is 0 Å². The summed E-state index contributed by atoms with van der Waals surface area (Å²) in [6, 6.07) is 3.17. The molecule has 0 bridgehead atoms. The largest absolute Gasteiger partial charge is 0.340 e. The molecular formula is C13H12BrCl2N3O3. The Labute approximate surface area is 145 Å². The van der Waals surface area contributed by atoms with Crippen LogP contribution in [0.5, 0.6) is 0 Å². The zero-order chi connectivity index (χ0) is 16.7. The maximum absolute atomic E-state index is 12.3. The Morgan fingerprint density at radius 3 is 2.50 bits per heavy atom. The van der Waals surface area contributed by atoms with E-state index in [2.05, 4.69) is 21.2 Å². The number of imide groups is 2. The lowest BCUT2D eigenvalue weighted by molar-refractivity contribution is -0.116. The molecule has 1 aliphatic rings. The first-order valence-corrected chi connectivity index (χ1v) is 7.75. The standard InChI is InChI=1S/C13H12BrCl2N3O3/c1-13(2,16)17-11(21)18-6-10(20)19(12(18)22)9-4-7(14)3-8(15)5-9/h3-5H,6H2,1-2H3,(H,17,21). The van der Waals surface area contributed by atoms with Crippen LogP contribution in [0.3, 0.4) is 0 Å². The number of benzene rings is 1. The molecule has 9 heteroatoms. The maximum atomic E-state index is 12.3. The van der Waals surface area contributed by atoms with Crippen molar-refractivity contribution >= 4 is 62.8 Å². The summed E-state index contributed by atoms with van der Waals surface area (Å²) >= 11 is 15.1. The van der Waals surface area contributed by atoms with Crippen molar-refractivity contribution < 1.29 is 14.4 Å². The van der Waals surface area contributed by atoms with Gasteiger partial charge in [-0.15, -0.1) is 0 Å². The third kappa shape index (κ3) is 3.71. The van der Waals surface area contributed by atoms with E-state index >= 15 is 0 Å². The van der Waals surface area contributed by atoms with Gasteiger partial charge in [-0.25, -0.2) is 19.4 Å². The van der Waals surface area contributed by atoms with E-state index in [1.54, 1.807) is 26.0 Å². The van der Waals surface area contributed by atoms with E-state index in [1.807, 2.05) is 0 Å². The minimum absolute atomic E-state index is 0.287. The zero-order valence-corrected chi connectivity index (χ0v) is 14.8. The molecule has 118 valence electrons. The molecule has 1 fully saturated rings. The highest BCUT2D eigenvalue weighted by atomic mass is 79.9. The van der Waals surface area contributed by atoms with Crippen LogP contribution >= 0.6 is 39.1 Å². The Bertz CT molecular complexity index is 640. The summed E-state index contributed by atoms with van der Waals surface area (Å²) in [4.78, 5) is 37.1. The van der Waals surface area contributed by atoms with Gasteiger partial charge in [0.25, 0.3) is 5.91 Å². The molecule has 1 N–H and O–H groups in total. The molecule has 1 aliphatic heterocycles. The van der Waals surface area contributed by atoms with Crippen molar-refractivity contribution in [1.82, 2.24) is 10.2 Å². The predicted octanol–water partition coefficient (Wildman–Crippen LogP) is 3.56. The molecule has 0 aromatic heterocycles. The number of rotatable bonds is 2. The van der Waals surface area contributed by atoms with E-state index in [-0.39, 0.29) is 12.2 Å². The number of nitrogens with zero attached hydrogens (tertiary/aromatic N) is 2. The van der Waals surface area contributed by atoms with Crippen LogP contribution < -0.4 is 10.2 Å². The summed E-state index contributed by atoms with van der Waals surface area (Å²) in [5, 5.41) is 2.78. The van der Waals surface area contributed by atoms with Gasteiger partial charge in [-0.1, -0.05) is 39.1 Å². The quantitative estimate of drug-likeness (QED) is 0.462. The number of carbonyl (C=O) groups is 3. The van der Waals surface area contributed by atoms with E-state index in [4.69, 9.17) is 23.2 Å². The third-order valence-corrected chi connectivity index (χ3v) is 3.49. The van der Waals surface area contributed by atoms with E-state index in [1.165, 1.54) is 6.07 Å². The number of halogens is 3. The van der Waals surface area contributed by atoms with Crippen molar-refractivity contribution in [2.45, 2.75) is 18.8 Å². The molecule has 1 heterocycles. The number of hydrogen-bond acceptors (Lipinski definition) is 3. The van der Waals surface area contributed by atoms with Crippen molar-refractivity contribution in [1.29, 1.82) is 0 Å². The third-order valence-electron chi connectivity index (χ3n) is 2.72. The topological polar surface area (TPSA) is 69.7 Å². The smallest absolute Gasteiger partial charge is 0.319 e. The van der Waals surface area contributed by atoms with Crippen LogP contribution in [0.4, 0.5) is 15.3 Å².